The van der Waals surface area contributed by atoms with Gasteiger partial charge in [0.05, 0.1) is 18.4 Å². The monoisotopic (exact) mass is 381 g/mol. The molecule has 1 heterocycles. The van der Waals surface area contributed by atoms with Gasteiger partial charge in [0.1, 0.15) is 12.1 Å². The van der Waals surface area contributed by atoms with Crippen molar-refractivity contribution in [2.45, 2.75) is 13.0 Å². The summed E-state index contributed by atoms with van der Waals surface area (Å²) >= 11 is 0. The number of nitrogens with zero attached hydrogens (tertiary/aromatic N) is 2. The van der Waals surface area contributed by atoms with Gasteiger partial charge in [-0.3, -0.25) is 4.79 Å². The molecular weight excluding hydrogens is 364 g/mol. The number of ether oxygens (including phenoxy) is 1. The predicted octanol–water partition coefficient (Wildman–Crippen LogP) is 4.44. The Morgan fingerprint density at radius 1 is 1.11 bits per heavy atom. The maximum absolute atomic E-state index is 13.6. The molecule has 0 saturated heterocycles. The van der Waals surface area contributed by atoms with E-state index in [0.29, 0.717) is 11.5 Å². The summed E-state index contributed by atoms with van der Waals surface area (Å²) in [7, 11) is 0. The Morgan fingerprint density at radius 3 is 2.64 bits per heavy atom. The zero-order valence-corrected chi connectivity index (χ0v) is 15.0. The highest BCUT2D eigenvalue weighted by Crippen LogP contribution is 2.23. The molecule has 0 bridgehead atoms. The molecule has 1 atom stereocenters. The van der Waals surface area contributed by atoms with Gasteiger partial charge in [-0.05, 0) is 36.8 Å². The van der Waals surface area contributed by atoms with Crippen molar-refractivity contribution in [2.24, 2.45) is 0 Å². The fraction of sp³-hybridized carbons (Fsp3) is 0.0952. The molecule has 0 saturated carbocycles. The van der Waals surface area contributed by atoms with Crippen LogP contribution in [0.5, 0.6) is 11.5 Å². The van der Waals surface area contributed by atoms with Gasteiger partial charge in [0.25, 0.3) is 0 Å². The van der Waals surface area contributed by atoms with E-state index in [1.54, 1.807) is 37.5 Å². The first-order valence-electron chi connectivity index (χ1n) is 8.48. The molecule has 1 amide bonds. The van der Waals surface area contributed by atoms with Gasteiger partial charge in [-0.1, -0.05) is 24.3 Å². The van der Waals surface area contributed by atoms with E-state index < -0.39 is 17.5 Å². The second-order valence-electron chi connectivity index (χ2n) is 5.96. The minimum atomic E-state index is -0.991. The molecular formula is C21H17F2N3O2. The van der Waals surface area contributed by atoms with Crippen molar-refractivity contribution in [3.05, 3.63) is 90.0 Å². The Balaban J connectivity index is 1.64. The number of hydrogen-bond donors (Lipinski definition) is 1. The summed E-state index contributed by atoms with van der Waals surface area (Å²) < 4.78 is 32.5. The molecule has 3 aromatic rings. The lowest BCUT2D eigenvalue weighted by Crippen LogP contribution is -2.24. The van der Waals surface area contributed by atoms with E-state index in [4.69, 9.17) is 4.74 Å². The summed E-state index contributed by atoms with van der Waals surface area (Å²) in [6.07, 6.45) is 6.89. The first-order chi connectivity index (χ1) is 13.5. The smallest absolute Gasteiger partial charge is 0.244 e. The van der Waals surface area contributed by atoms with E-state index in [2.05, 4.69) is 15.3 Å². The zero-order valence-electron chi connectivity index (χ0n) is 15.0. The highest BCUT2D eigenvalue weighted by atomic mass is 19.2. The van der Waals surface area contributed by atoms with Gasteiger partial charge in [0.2, 0.25) is 5.91 Å². The Hall–Kier alpha value is -3.61. The van der Waals surface area contributed by atoms with Crippen LogP contribution in [-0.4, -0.2) is 15.9 Å². The van der Waals surface area contributed by atoms with E-state index >= 15 is 0 Å². The number of hydrogen-bond acceptors (Lipinski definition) is 4. The van der Waals surface area contributed by atoms with Crippen LogP contribution in [-0.2, 0) is 4.79 Å². The van der Waals surface area contributed by atoms with Crippen LogP contribution >= 0.6 is 0 Å². The van der Waals surface area contributed by atoms with Crippen LogP contribution in [0.25, 0.3) is 6.08 Å². The lowest BCUT2D eigenvalue weighted by Gasteiger charge is -2.14. The average molecular weight is 381 g/mol. The molecule has 0 spiro atoms. The van der Waals surface area contributed by atoms with E-state index in [-0.39, 0.29) is 11.6 Å². The van der Waals surface area contributed by atoms with E-state index in [9.17, 15) is 13.6 Å². The highest BCUT2D eigenvalue weighted by Gasteiger charge is 2.10. The summed E-state index contributed by atoms with van der Waals surface area (Å²) in [4.78, 5) is 19.9. The molecule has 0 fully saturated rings. The SMILES string of the molecule is CC(NC(=O)/C=C/c1cccc(F)c1F)c1cccc(Oc2cncnc2)c1. The first-order valence-corrected chi connectivity index (χ1v) is 8.48. The van der Waals surface area contributed by atoms with Crippen molar-refractivity contribution in [1.29, 1.82) is 0 Å². The molecule has 1 N–H and O–H groups in total. The van der Waals surface area contributed by atoms with Crippen molar-refractivity contribution in [3.63, 3.8) is 0 Å². The van der Waals surface area contributed by atoms with Gasteiger partial charge in [0, 0.05) is 11.6 Å². The number of carbonyl (C=O) groups excluding carboxylic acids is 1. The van der Waals surface area contributed by atoms with Crippen LogP contribution in [0.2, 0.25) is 0 Å². The van der Waals surface area contributed by atoms with E-state index in [0.717, 1.165) is 17.7 Å². The fourth-order valence-corrected chi connectivity index (χ4v) is 2.48. The summed E-state index contributed by atoms with van der Waals surface area (Å²) in [6.45, 7) is 1.80. The second kappa shape index (κ2) is 8.85. The zero-order chi connectivity index (χ0) is 19.9. The van der Waals surface area contributed by atoms with Crippen LogP contribution in [0.3, 0.4) is 0 Å². The lowest BCUT2D eigenvalue weighted by atomic mass is 10.1. The Kier molecular flexibility index (Phi) is 6.06. The first kappa shape index (κ1) is 19.2. The molecule has 7 heteroatoms. The fourth-order valence-electron chi connectivity index (χ4n) is 2.48. The van der Waals surface area contributed by atoms with Gasteiger partial charge in [-0.25, -0.2) is 18.7 Å². The molecule has 0 aliphatic heterocycles. The predicted molar refractivity (Wildman–Crippen MR) is 100 cm³/mol. The maximum atomic E-state index is 13.6. The Bertz CT molecular complexity index is 994. The van der Waals surface area contributed by atoms with Crippen LogP contribution in [0.4, 0.5) is 8.78 Å². The normalized spacial score (nSPS) is 12.0. The minimum absolute atomic E-state index is 0.00304. The third-order valence-electron chi connectivity index (χ3n) is 3.89. The number of aromatic nitrogens is 2. The number of rotatable bonds is 6. The Morgan fingerprint density at radius 2 is 1.86 bits per heavy atom. The van der Waals surface area contributed by atoms with Gasteiger partial charge in [-0.2, -0.15) is 0 Å². The van der Waals surface area contributed by atoms with Gasteiger partial charge >= 0.3 is 0 Å². The quantitative estimate of drug-likeness (QED) is 0.641. The maximum Gasteiger partial charge on any atom is 0.244 e. The van der Waals surface area contributed by atoms with Crippen molar-refractivity contribution in [1.82, 2.24) is 15.3 Å². The summed E-state index contributed by atoms with van der Waals surface area (Å²) in [5.41, 5.74) is 0.816. The van der Waals surface area contributed by atoms with Gasteiger partial charge < -0.3 is 10.1 Å². The van der Waals surface area contributed by atoms with Crippen molar-refractivity contribution < 1.29 is 18.3 Å². The summed E-state index contributed by atoms with van der Waals surface area (Å²) in [5.74, 6) is -1.31. The molecule has 0 aliphatic carbocycles. The topological polar surface area (TPSA) is 64.1 Å². The lowest BCUT2D eigenvalue weighted by molar-refractivity contribution is -0.117. The summed E-state index contributed by atoms with van der Waals surface area (Å²) in [5, 5.41) is 2.77. The van der Waals surface area contributed by atoms with E-state index in [1.807, 2.05) is 6.07 Å². The van der Waals surface area contributed by atoms with Gasteiger partial charge in [0.15, 0.2) is 17.4 Å². The number of benzene rings is 2. The number of carbonyl (C=O) groups is 1. The molecule has 1 aromatic heterocycles. The second-order valence-corrected chi connectivity index (χ2v) is 5.96. The third kappa shape index (κ3) is 4.97. The highest BCUT2D eigenvalue weighted by molar-refractivity contribution is 5.92. The Labute approximate surface area is 160 Å². The van der Waals surface area contributed by atoms with Gasteiger partial charge in [-0.15, -0.1) is 0 Å². The number of nitrogens with one attached hydrogen (secondary N) is 1. The summed E-state index contributed by atoms with van der Waals surface area (Å²) in [6, 6.07) is 10.7. The van der Waals surface area contributed by atoms with E-state index in [1.165, 1.54) is 24.5 Å². The standard InChI is InChI=1S/C21H17F2N3O2/c1-14(26-20(27)9-8-15-4-3-7-19(22)21(15)23)16-5-2-6-17(10-16)28-18-11-24-13-25-12-18/h2-14H,1H3,(H,26,27)/b9-8+. The molecule has 5 nitrogen and oxygen atoms in total. The molecule has 0 radical (unpaired) electrons. The van der Waals surface area contributed by atoms with Crippen LogP contribution in [0.15, 0.2) is 67.3 Å². The molecule has 3 rings (SSSR count). The number of amides is 1. The number of halogens is 2. The molecule has 0 aliphatic rings. The van der Waals surface area contributed by atoms with Crippen molar-refractivity contribution >= 4 is 12.0 Å². The van der Waals surface area contributed by atoms with Crippen LogP contribution < -0.4 is 10.1 Å². The van der Waals surface area contributed by atoms with Crippen molar-refractivity contribution in [2.75, 3.05) is 0 Å². The van der Waals surface area contributed by atoms with Crippen LogP contribution in [0, 0.1) is 11.6 Å². The molecule has 142 valence electrons. The largest absolute Gasteiger partial charge is 0.454 e. The average Bonchev–Trinajstić information content (AvgIpc) is 2.70. The third-order valence-corrected chi connectivity index (χ3v) is 3.89. The minimum Gasteiger partial charge on any atom is -0.454 e. The van der Waals surface area contributed by atoms with Crippen molar-refractivity contribution in [3.8, 4) is 11.5 Å². The molecule has 28 heavy (non-hydrogen) atoms. The molecule has 2 aromatic carbocycles. The van der Waals surface area contributed by atoms with Crippen LogP contribution in [0.1, 0.15) is 24.1 Å². The molecule has 1 unspecified atom stereocenters.